The van der Waals surface area contributed by atoms with Gasteiger partial charge in [-0.15, -0.1) is 13.2 Å². The lowest BCUT2D eigenvalue weighted by Crippen LogP contribution is -2.17. The number of hydrogen-bond donors (Lipinski definition) is 1. The van der Waals surface area contributed by atoms with Gasteiger partial charge in [-0.05, 0) is 29.8 Å². The highest BCUT2D eigenvalue weighted by atomic mass is 19.4. The largest absolute Gasteiger partial charge is 0.573 e. The lowest BCUT2D eigenvalue weighted by Gasteiger charge is -2.15. The van der Waals surface area contributed by atoms with E-state index < -0.39 is 12.3 Å². The van der Waals surface area contributed by atoms with Crippen molar-refractivity contribution in [2.45, 2.75) is 6.36 Å². The van der Waals surface area contributed by atoms with Crippen LogP contribution in [0.4, 0.5) is 13.2 Å². The van der Waals surface area contributed by atoms with Crippen molar-refractivity contribution >= 4 is 5.97 Å². The first-order valence-electron chi connectivity index (χ1n) is 7.25. The first kappa shape index (κ1) is 18.6. The molecule has 0 unspecified atom stereocenters. The van der Waals surface area contributed by atoms with Gasteiger partial charge in [0, 0.05) is 12.1 Å². The maximum atomic E-state index is 12.6. The van der Waals surface area contributed by atoms with Gasteiger partial charge in [-0.2, -0.15) is 0 Å². The Bertz CT molecular complexity index is 747. The number of carbonyl (C=O) groups excluding carboxylic acids is 1. The molecule has 0 aliphatic heterocycles. The number of halogens is 3. The van der Waals surface area contributed by atoms with Crippen molar-refractivity contribution in [3.05, 3.63) is 48.0 Å². The summed E-state index contributed by atoms with van der Waals surface area (Å²) in [6.45, 7) is 0.427. The number of methoxy groups -OCH3 is 1. The summed E-state index contributed by atoms with van der Waals surface area (Å²) in [4.78, 5) is 11.8. The molecule has 0 saturated heterocycles. The molecule has 0 aromatic heterocycles. The maximum Gasteiger partial charge on any atom is 0.573 e. The van der Waals surface area contributed by atoms with Gasteiger partial charge >= 0.3 is 12.3 Å². The number of nitrogens with two attached hydrogens (primary N) is 1. The molecule has 8 heteroatoms. The fraction of sp³-hybridized carbons (Fsp3) is 0.235. The molecule has 0 radical (unpaired) electrons. The lowest BCUT2D eigenvalue weighted by molar-refractivity contribution is -0.274. The number of ether oxygens (including phenoxy) is 3. The predicted octanol–water partition coefficient (Wildman–Crippen LogP) is 3.38. The van der Waals surface area contributed by atoms with Crippen LogP contribution in [0, 0.1) is 0 Å². The number of esters is 1. The summed E-state index contributed by atoms with van der Waals surface area (Å²) in [6.07, 6.45) is -4.84. The summed E-state index contributed by atoms with van der Waals surface area (Å²) in [5, 5.41) is 0. The highest BCUT2D eigenvalue weighted by Gasteiger charge is 2.32. The van der Waals surface area contributed by atoms with Crippen molar-refractivity contribution < 1.29 is 32.2 Å². The molecule has 2 aromatic carbocycles. The van der Waals surface area contributed by atoms with E-state index in [1.807, 2.05) is 0 Å². The summed E-state index contributed by atoms with van der Waals surface area (Å²) < 4.78 is 52.0. The van der Waals surface area contributed by atoms with Gasteiger partial charge in [0.2, 0.25) is 0 Å². The van der Waals surface area contributed by atoms with E-state index in [9.17, 15) is 18.0 Å². The lowest BCUT2D eigenvalue weighted by atomic mass is 10.0. The number of alkyl halides is 3. The third kappa shape index (κ3) is 5.12. The van der Waals surface area contributed by atoms with Crippen LogP contribution < -0.4 is 15.2 Å². The fourth-order valence-corrected chi connectivity index (χ4v) is 2.17. The van der Waals surface area contributed by atoms with Crippen LogP contribution in [0.25, 0.3) is 11.1 Å². The van der Waals surface area contributed by atoms with Crippen molar-refractivity contribution in [3.8, 4) is 22.6 Å². The maximum absolute atomic E-state index is 12.6. The number of carbonyl (C=O) groups is 1. The van der Waals surface area contributed by atoms with Crippen molar-refractivity contribution in [1.29, 1.82) is 0 Å². The average Bonchev–Trinajstić information content (AvgIpc) is 2.58. The quantitative estimate of drug-likeness (QED) is 0.805. The summed E-state index contributed by atoms with van der Waals surface area (Å²) in [6, 6.07) is 9.95. The van der Waals surface area contributed by atoms with Gasteiger partial charge in [-0.25, -0.2) is 4.79 Å². The van der Waals surface area contributed by atoms with Crippen LogP contribution in [0.3, 0.4) is 0 Å². The molecule has 0 saturated carbocycles. The predicted molar refractivity (Wildman–Crippen MR) is 84.4 cm³/mol. The molecule has 0 amide bonds. The van der Waals surface area contributed by atoms with Crippen LogP contribution in [0.1, 0.15) is 10.4 Å². The second-order valence-electron chi connectivity index (χ2n) is 4.92. The minimum atomic E-state index is -4.84. The first-order chi connectivity index (χ1) is 11.8. The standard InChI is InChI=1S/C17H16F3NO4/c1-23-16(22)12-8-11(9-13(10-12)24-7-6-21)14-4-2-3-5-15(14)25-17(18,19)20/h2-5,8-10H,6-7,21H2,1H3. The number of rotatable bonds is 6. The van der Waals surface area contributed by atoms with Gasteiger partial charge in [0.1, 0.15) is 18.1 Å². The van der Waals surface area contributed by atoms with E-state index in [1.165, 1.54) is 43.5 Å². The van der Waals surface area contributed by atoms with Gasteiger partial charge in [0.15, 0.2) is 0 Å². The number of para-hydroxylation sites is 1. The topological polar surface area (TPSA) is 70.8 Å². The molecule has 0 fully saturated rings. The molecular weight excluding hydrogens is 339 g/mol. The zero-order valence-electron chi connectivity index (χ0n) is 13.3. The molecule has 0 bridgehead atoms. The van der Waals surface area contributed by atoms with Crippen molar-refractivity contribution in [2.75, 3.05) is 20.3 Å². The number of benzene rings is 2. The molecule has 2 aromatic rings. The molecule has 5 nitrogen and oxygen atoms in total. The second kappa shape index (κ2) is 7.89. The molecular formula is C17H16F3NO4. The normalized spacial score (nSPS) is 11.1. The summed E-state index contributed by atoms with van der Waals surface area (Å²) in [7, 11) is 1.20. The van der Waals surface area contributed by atoms with Gasteiger partial charge < -0.3 is 19.9 Å². The minimum Gasteiger partial charge on any atom is -0.492 e. The molecule has 0 aliphatic rings. The van der Waals surface area contributed by atoms with Crippen molar-refractivity contribution in [1.82, 2.24) is 0 Å². The van der Waals surface area contributed by atoms with E-state index in [4.69, 9.17) is 10.5 Å². The van der Waals surface area contributed by atoms with Crippen molar-refractivity contribution in [2.24, 2.45) is 5.73 Å². The van der Waals surface area contributed by atoms with Gasteiger partial charge in [0.05, 0.1) is 12.7 Å². The van der Waals surface area contributed by atoms with E-state index >= 15 is 0 Å². The smallest absolute Gasteiger partial charge is 0.492 e. The van der Waals surface area contributed by atoms with Gasteiger partial charge in [0.25, 0.3) is 0 Å². The van der Waals surface area contributed by atoms with Gasteiger partial charge in [-0.3, -0.25) is 0 Å². The Labute approximate surface area is 142 Å². The Balaban J connectivity index is 2.52. The van der Waals surface area contributed by atoms with Crippen LogP contribution in [0.15, 0.2) is 42.5 Å². The minimum absolute atomic E-state index is 0.133. The summed E-state index contributed by atoms with van der Waals surface area (Å²) >= 11 is 0. The van der Waals surface area contributed by atoms with Crippen LogP contribution in [0.2, 0.25) is 0 Å². The highest BCUT2D eigenvalue weighted by Crippen LogP contribution is 2.36. The molecule has 25 heavy (non-hydrogen) atoms. The Morgan fingerprint density at radius 3 is 2.52 bits per heavy atom. The van der Waals surface area contributed by atoms with Crippen LogP contribution in [-0.2, 0) is 4.74 Å². The second-order valence-corrected chi connectivity index (χ2v) is 4.92. The van der Waals surface area contributed by atoms with Crippen LogP contribution in [-0.4, -0.2) is 32.6 Å². The fourth-order valence-electron chi connectivity index (χ4n) is 2.17. The SMILES string of the molecule is COC(=O)c1cc(OCCN)cc(-c2ccccc2OC(F)(F)F)c1. The third-order valence-corrected chi connectivity index (χ3v) is 3.14. The Morgan fingerprint density at radius 2 is 1.88 bits per heavy atom. The summed E-state index contributed by atoms with van der Waals surface area (Å²) in [5.41, 5.74) is 5.98. The molecule has 2 N–H and O–H groups in total. The third-order valence-electron chi connectivity index (χ3n) is 3.14. The molecule has 0 aliphatic carbocycles. The average molecular weight is 355 g/mol. The molecule has 0 atom stereocenters. The van der Waals surface area contributed by atoms with Crippen LogP contribution >= 0.6 is 0 Å². The Kier molecular flexibility index (Phi) is 5.87. The van der Waals surface area contributed by atoms with E-state index in [1.54, 1.807) is 6.07 Å². The van der Waals surface area contributed by atoms with E-state index in [0.29, 0.717) is 5.56 Å². The zero-order valence-corrected chi connectivity index (χ0v) is 13.3. The van der Waals surface area contributed by atoms with E-state index in [2.05, 4.69) is 9.47 Å². The number of hydrogen-bond acceptors (Lipinski definition) is 5. The van der Waals surface area contributed by atoms with Gasteiger partial charge in [-0.1, -0.05) is 18.2 Å². The first-order valence-corrected chi connectivity index (χ1v) is 7.25. The highest BCUT2D eigenvalue weighted by molar-refractivity contribution is 5.92. The Hall–Kier alpha value is -2.74. The van der Waals surface area contributed by atoms with E-state index in [-0.39, 0.29) is 35.8 Å². The van der Waals surface area contributed by atoms with Crippen LogP contribution in [0.5, 0.6) is 11.5 Å². The molecule has 134 valence electrons. The molecule has 0 spiro atoms. The summed E-state index contributed by atoms with van der Waals surface area (Å²) in [5.74, 6) is -0.749. The Morgan fingerprint density at radius 1 is 1.16 bits per heavy atom. The molecule has 2 rings (SSSR count). The monoisotopic (exact) mass is 355 g/mol. The van der Waals surface area contributed by atoms with E-state index in [0.717, 1.165) is 0 Å². The van der Waals surface area contributed by atoms with Crippen molar-refractivity contribution in [3.63, 3.8) is 0 Å². The zero-order chi connectivity index (χ0) is 18.4. The molecule has 0 heterocycles.